The zero-order chi connectivity index (χ0) is 89.3. The summed E-state index contributed by atoms with van der Waals surface area (Å²) in [4.78, 5) is 31.9. The van der Waals surface area contributed by atoms with Gasteiger partial charge in [-0.3, -0.25) is 19.9 Å². The predicted octanol–water partition coefficient (Wildman–Crippen LogP) is 32.5. The fourth-order valence-corrected chi connectivity index (χ4v) is 17.2. The third kappa shape index (κ3) is 19.4. The van der Waals surface area contributed by atoms with Crippen molar-refractivity contribution in [3.63, 3.8) is 0 Å². The fraction of sp³-hybridized carbons (Fsp3) is 0.197. The van der Waals surface area contributed by atoms with Crippen LogP contribution in [0.4, 0.5) is 0 Å². The van der Waals surface area contributed by atoms with E-state index in [0.29, 0.717) is 0 Å². The van der Waals surface area contributed by atoms with Crippen LogP contribution in [0.3, 0.4) is 0 Å². The van der Waals surface area contributed by atoms with Crippen LogP contribution in [-0.4, -0.2) is 19.9 Å². The van der Waals surface area contributed by atoms with Gasteiger partial charge in [-0.2, -0.15) is 0 Å². The van der Waals surface area contributed by atoms with Gasteiger partial charge in [-0.15, -0.1) is 58.5 Å². The molecule has 19 rings (SSSR count). The van der Waals surface area contributed by atoms with Crippen LogP contribution in [0, 0.1) is 12.1 Å². The van der Waals surface area contributed by atoms with Gasteiger partial charge in [0.15, 0.2) is 0 Å². The molecule has 0 saturated carbocycles. The SMILES string of the molecule is CC(C)(C)c1cc(-c2cc(-c3[c-]c(-c4cc(-c5ccc(-c6ccccc6)cc5)ccn4)cc(-c4ccccc4)c3)nc(-c3cc(C(C)(C)C)cc4c3[n-]c3ccc(C(C)(C)C)cc34)c2)cc(C(C)(C)C)c1.CC(C)(C)c1ccc2[n-]c3c(-c4cc(-c5ccccc5)cc(-c5[c-]c(-c6cc(-c7ccccc7)ccn6)cc(-c6ccccc6)c5)n4)cc(C(C)(C)C)cc3c2c1.[Pt+2].[Pt+2]. The first-order valence-corrected chi connectivity index (χ1v) is 44.9. The average Bonchev–Trinajstić information content (AvgIpc) is 1.58. The van der Waals surface area contributed by atoms with Crippen molar-refractivity contribution in [3.05, 3.63) is 385 Å². The van der Waals surface area contributed by atoms with Crippen LogP contribution in [0.25, 0.3) is 189 Å². The molecule has 8 heteroatoms. The van der Waals surface area contributed by atoms with Crippen molar-refractivity contribution >= 4 is 43.6 Å². The van der Waals surface area contributed by atoms with Gasteiger partial charge in [-0.25, -0.2) is 0 Å². The molecule has 0 aliphatic carbocycles. The van der Waals surface area contributed by atoms with E-state index in [4.69, 9.17) is 29.9 Å². The van der Waals surface area contributed by atoms with Crippen molar-refractivity contribution in [1.29, 1.82) is 0 Å². The molecule has 13 aromatic carbocycles. The van der Waals surface area contributed by atoms with E-state index >= 15 is 0 Å². The molecule has 6 heterocycles. The van der Waals surface area contributed by atoms with Gasteiger partial charge in [0.05, 0.1) is 11.4 Å². The summed E-state index contributed by atoms with van der Waals surface area (Å²) >= 11 is 0. The molecular weight excluding hydrogens is 1940 g/mol. The zero-order valence-electron chi connectivity index (χ0n) is 77.6. The Labute approximate surface area is 797 Å². The largest absolute Gasteiger partial charge is 2.00 e. The third-order valence-corrected chi connectivity index (χ3v) is 25.0. The number of nitrogens with zero attached hydrogens (tertiary/aromatic N) is 6. The summed E-state index contributed by atoms with van der Waals surface area (Å²) < 4.78 is 0. The molecule has 0 saturated heterocycles. The van der Waals surface area contributed by atoms with Crippen molar-refractivity contribution < 1.29 is 42.1 Å². The topological polar surface area (TPSA) is 79.8 Å². The molecule has 0 fully saturated rings. The molecule has 0 N–H and O–H groups in total. The van der Waals surface area contributed by atoms with Gasteiger partial charge in [0.2, 0.25) is 0 Å². The summed E-state index contributed by atoms with van der Waals surface area (Å²) in [5, 5.41) is 4.69. The van der Waals surface area contributed by atoms with E-state index in [1.54, 1.807) is 0 Å². The first-order chi connectivity index (χ1) is 61.1. The van der Waals surface area contributed by atoms with Crippen LogP contribution in [0.5, 0.6) is 0 Å². The second-order valence-corrected chi connectivity index (χ2v) is 40.7. The van der Waals surface area contributed by atoms with E-state index < -0.39 is 0 Å². The van der Waals surface area contributed by atoms with Crippen LogP contribution in [-0.2, 0) is 74.6 Å². The smallest absolute Gasteiger partial charge is 0.656 e. The molecule has 0 radical (unpaired) electrons. The molecule has 0 bridgehead atoms. The Morgan fingerprint density at radius 1 is 0.200 bits per heavy atom. The Morgan fingerprint density at radius 2 is 0.454 bits per heavy atom. The maximum absolute atomic E-state index is 5.72. The molecule has 648 valence electrons. The summed E-state index contributed by atoms with van der Waals surface area (Å²) in [6.07, 6.45) is 3.81. The number of hydrogen-bond donors (Lipinski definition) is 0. The summed E-state index contributed by atoms with van der Waals surface area (Å²) in [6.45, 7) is 41.2. The maximum atomic E-state index is 5.72. The van der Waals surface area contributed by atoms with E-state index in [1.807, 2.05) is 18.5 Å². The summed E-state index contributed by atoms with van der Waals surface area (Å²) in [5.74, 6) is 0. The number of pyridine rings is 4. The molecule has 0 aliphatic heterocycles. The van der Waals surface area contributed by atoms with Gasteiger partial charge in [0.1, 0.15) is 0 Å². The molecule has 130 heavy (non-hydrogen) atoms. The van der Waals surface area contributed by atoms with E-state index in [1.165, 1.54) is 55.3 Å². The minimum absolute atomic E-state index is 0. The quantitative estimate of drug-likeness (QED) is 0.107. The predicted molar refractivity (Wildman–Crippen MR) is 541 cm³/mol. The van der Waals surface area contributed by atoms with Crippen LogP contribution >= 0.6 is 0 Å². The van der Waals surface area contributed by atoms with Crippen molar-refractivity contribution in [1.82, 2.24) is 29.9 Å². The number of aromatic nitrogens is 6. The Morgan fingerprint density at radius 3 is 0.792 bits per heavy atom. The van der Waals surface area contributed by atoms with Crippen molar-refractivity contribution in [2.24, 2.45) is 0 Å². The maximum Gasteiger partial charge on any atom is 2.00 e. The van der Waals surface area contributed by atoms with Crippen LogP contribution in [0.2, 0.25) is 0 Å². The monoisotopic (exact) mass is 2050 g/mol. The standard InChI is InChI=1S/C68H65N3.C54H45N3.2Pt/c1-65(2,3)53-27-28-60-57(40-53)58-41-56(68(10,11)12)42-59(64(58)71-60)63-38-50(49-34-54(66(4,5)6)39-55(35-49)67(7,8)9)37-62(70-63)52-32-48(44-21-17-14-18-22-44)31-51(33-52)61-36-47(29-30-69-61)46-25-23-45(24-26-46)43-19-15-13-16-20-43;1-53(2,3)43-22-23-48-45(32-43)46-33-44(54(4,5)6)34-47(52(46)57-48)51-31-40(37-20-14-9-15-21-37)30-50(56-51)42-27-39(36-18-12-8-13-19-36)26-41(28-42)49-29-38(24-25-55-49)35-16-10-7-11-17-35;;/h13-32,34-42H,1-12H3;7-27,29-34H,1-6H3;;/q2*-2;2*+2. The van der Waals surface area contributed by atoms with E-state index in [-0.39, 0.29) is 74.6 Å². The van der Waals surface area contributed by atoms with E-state index in [9.17, 15) is 0 Å². The second-order valence-electron chi connectivity index (χ2n) is 40.7. The van der Waals surface area contributed by atoms with Gasteiger partial charge in [-0.1, -0.05) is 437 Å². The molecule has 0 aliphatic rings. The molecule has 0 unspecified atom stereocenters. The summed E-state index contributed by atoms with van der Waals surface area (Å²) in [6, 6.07) is 126. The third-order valence-electron chi connectivity index (χ3n) is 25.0. The Bertz CT molecular complexity index is 7340. The molecule has 6 nitrogen and oxygen atoms in total. The average molecular weight is 2050 g/mol. The number of benzene rings is 13. The van der Waals surface area contributed by atoms with Crippen LogP contribution in [0.1, 0.15) is 158 Å². The van der Waals surface area contributed by atoms with E-state index in [2.05, 4.69) is 458 Å². The van der Waals surface area contributed by atoms with Gasteiger partial charge >= 0.3 is 42.1 Å². The molecule has 0 amide bonds. The van der Waals surface area contributed by atoms with Gasteiger partial charge in [0, 0.05) is 35.2 Å². The van der Waals surface area contributed by atoms with E-state index in [0.717, 1.165) is 167 Å². The first-order valence-electron chi connectivity index (χ1n) is 44.9. The Balaban J connectivity index is 0.000000192. The molecule has 0 spiro atoms. The first kappa shape index (κ1) is 90.8. The zero-order valence-corrected chi connectivity index (χ0v) is 82.2. The summed E-state index contributed by atoms with van der Waals surface area (Å²) in [5.41, 5.74) is 37.8. The molecule has 19 aromatic rings. The van der Waals surface area contributed by atoms with Crippen molar-refractivity contribution in [2.75, 3.05) is 0 Å². The second kappa shape index (κ2) is 36.1. The fourth-order valence-electron chi connectivity index (χ4n) is 17.2. The van der Waals surface area contributed by atoms with Gasteiger partial charge in [0.25, 0.3) is 0 Å². The van der Waals surface area contributed by atoms with Crippen LogP contribution < -0.4 is 9.97 Å². The normalized spacial score (nSPS) is 12.1. The number of hydrogen-bond acceptors (Lipinski definition) is 4. The van der Waals surface area contributed by atoms with Gasteiger partial charge in [-0.05, 0) is 190 Å². The van der Waals surface area contributed by atoms with Crippen LogP contribution in [0.15, 0.2) is 340 Å². The summed E-state index contributed by atoms with van der Waals surface area (Å²) in [7, 11) is 0. The minimum Gasteiger partial charge on any atom is -0.656 e. The van der Waals surface area contributed by atoms with Gasteiger partial charge < -0.3 is 9.97 Å². The Hall–Kier alpha value is -12.6. The van der Waals surface area contributed by atoms with Crippen molar-refractivity contribution in [2.45, 2.75) is 157 Å². The van der Waals surface area contributed by atoms with Crippen molar-refractivity contribution in [3.8, 4) is 145 Å². The molecule has 6 aromatic heterocycles. The number of fused-ring (bicyclic) bond motifs is 6. The number of rotatable bonds is 13. The molecule has 0 atom stereocenters. The Kier molecular flexibility index (Phi) is 25.2. The molecular formula is C122H110N6Pt2. The minimum atomic E-state index is -0.130.